The Bertz CT molecular complexity index is 1310. The van der Waals surface area contributed by atoms with Crippen LogP contribution in [0.25, 0.3) is 32.8 Å². The van der Waals surface area contributed by atoms with Crippen LogP contribution in [0.2, 0.25) is 0 Å². The summed E-state index contributed by atoms with van der Waals surface area (Å²) in [6.45, 7) is 2.08. The van der Waals surface area contributed by atoms with Gasteiger partial charge < -0.3 is 5.32 Å². The van der Waals surface area contributed by atoms with Crippen LogP contribution in [-0.2, 0) is 0 Å². The summed E-state index contributed by atoms with van der Waals surface area (Å²) in [6.07, 6.45) is 3.69. The summed E-state index contributed by atoms with van der Waals surface area (Å²) in [5, 5.41) is 16.9. The van der Waals surface area contributed by atoms with E-state index in [9.17, 15) is 0 Å². The first-order valence-corrected chi connectivity index (χ1v) is 9.22. The molecule has 2 aromatic heterocycles. The summed E-state index contributed by atoms with van der Waals surface area (Å²) in [5.41, 5.74) is 4.14. The topological polar surface area (TPSA) is 50.7 Å². The van der Waals surface area contributed by atoms with E-state index in [0.29, 0.717) is 0 Å². The summed E-state index contributed by atoms with van der Waals surface area (Å²) in [6, 6.07) is 24.7. The minimum atomic E-state index is 0.760. The van der Waals surface area contributed by atoms with Crippen molar-refractivity contribution in [2.75, 3.05) is 5.32 Å². The van der Waals surface area contributed by atoms with Crippen molar-refractivity contribution in [2.24, 2.45) is 0 Å². The number of anilines is 2. The normalized spacial score (nSPS) is 11.0. The van der Waals surface area contributed by atoms with Gasteiger partial charge in [0.1, 0.15) is 5.69 Å². The molecular weight excluding hydrogens is 344 g/mol. The highest BCUT2D eigenvalue weighted by atomic mass is 15.2. The minimum Gasteiger partial charge on any atom is -0.338 e. The molecule has 0 radical (unpaired) electrons. The van der Waals surface area contributed by atoms with Gasteiger partial charge in [0.25, 0.3) is 0 Å². The molecule has 0 bridgehead atoms. The van der Waals surface area contributed by atoms with Crippen molar-refractivity contribution < 1.29 is 0 Å². The number of nitrogens with one attached hydrogen (secondary N) is 1. The number of hydrogen-bond donors (Lipinski definition) is 1. The van der Waals surface area contributed by atoms with Gasteiger partial charge in [0.15, 0.2) is 5.82 Å². The van der Waals surface area contributed by atoms with E-state index in [0.717, 1.165) is 44.3 Å². The predicted octanol–water partition coefficient (Wildman–Crippen LogP) is 5.90. The third-order valence-corrected chi connectivity index (χ3v) is 5.02. The Morgan fingerprint density at radius 2 is 1.54 bits per heavy atom. The molecular formula is C24H18N4. The van der Waals surface area contributed by atoms with Gasteiger partial charge in [-0.25, -0.2) is 0 Å². The van der Waals surface area contributed by atoms with Crippen molar-refractivity contribution in [2.45, 2.75) is 6.92 Å². The van der Waals surface area contributed by atoms with Gasteiger partial charge in [-0.3, -0.25) is 4.98 Å². The van der Waals surface area contributed by atoms with Crippen molar-refractivity contribution >= 4 is 33.1 Å². The molecule has 1 N–H and O–H groups in total. The van der Waals surface area contributed by atoms with Crippen LogP contribution >= 0.6 is 0 Å². The van der Waals surface area contributed by atoms with Gasteiger partial charge in [-0.2, -0.15) is 0 Å². The van der Waals surface area contributed by atoms with Gasteiger partial charge in [-0.05, 0) is 30.0 Å². The summed E-state index contributed by atoms with van der Waals surface area (Å²) in [4.78, 5) is 4.23. The second-order valence-electron chi connectivity index (χ2n) is 6.79. The molecule has 28 heavy (non-hydrogen) atoms. The maximum absolute atomic E-state index is 4.62. The molecule has 0 aliphatic carbocycles. The van der Waals surface area contributed by atoms with Gasteiger partial charge >= 0.3 is 0 Å². The number of nitrogens with zero attached hydrogens (tertiary/aromatic N) is 3. The molecule has 0 saturated carbocycles. The van der Waals surface area contributed by atoms with Gasteiger partial charge in [0, 0.05) is 39.8 Å². The van der Waals surface area contributed by atoms with Crippen molar-refractivity contribution in [1.29, 1.82) is 0 Å². The van der Waals surface area contributed by atoms with E-state index in [1.807, 2.05) is 48.8 Å². The van der Waals surface area contributed by atoms with Gasteiger partial charge in [0.2, 0.25) is 0 Å². The molecule has 0 atom stereocenters. The fourth-order valence-electron chi connectivity index (χ4n) is 3.56. The Hall–Kier alpha value is -3.79. The van der Waals surface area contributed by atoms with Gasteiger partial charge in [-0.1, -0.05) is 60.7 Å². The molecule has 0 unspecified atom stereocenters. The largest absolute Gasteiger partial charge is 0.338 e. The van der Waals surface area contributed by atoms with Crippen molar-refractivity contribution in [3.05, 3.63) is 90.8 Å². The molecule has 2 heterocycles. The van der Waals surface area contributed by atoms with E-state index in [1.54, 1.807) is 0 Å². The Kier molecular flexibility index (Phi) is 3.95. The van der Waals surface area contributed by atoms with Crippen molar-refractivity contribution in [1.82, 2.24) is 15.2 Å². The van der Waals surface area contributed by atoms with Crippen molar-refractivity contribution in [3.63, 3.8) is 0 Å². The van der Waals surface area contributed by atoms with E-state index < -0.39 is 0 Å². The summed E-state index contributed by atoms with van der Waals surface area (Å²) in [5.74, 6) is 0.760. The fraction of sp³-hybridized carbons (Fsp3) is 0.0417. The number of para-hydroxylation sites is 1. The number of pyridine rings is 1. The van der Waals surface area contributed by atoms with Crippen LogP contribution in [-0.4, -0.2) is 15.2 Å². The second-order valence-corrected chi connectivity index (χ2v) is 6.79. The first-order valence-electron chi connectivity index (χ1n) is 9.22. The lowest BCUT2D eigenvalue weighted by Gasteiger charge is -2.13. The number of hydrogen-bond acceptors (Lipinski definition) is 4. The lowest BCUT2D eigenvalue weighted by Crippen LogP contribution is -2.00. The standard InChI is InChI=1S/C24H18N4/c1-16-7-2-5-12-22(16)26-24-21-10-4-3-9-20(21)23(27-28-24)19-11-6-8-17-15-25-14-13-18(17)19/h2-15H,1H3,(H,26,28). The molecule has 0 aliphatic heterocycles. The first kappa shape index (κ1) is 16.4. The summed E-state index contributed by atoms with van der Waals surface area (Å²) < 4.78 is 0. The Morgan fingerprint density at radius 1 is 0.714 bits per heavy atom. The summed E-state index contributed by atoms with van der Waals surface area (Å²) in [7, 11) is 0. The molecule has 4 heteroatoms. The van der Waals surface area contributed by atoms with Gasteiger partial charge in [-0.15, -0.1) is 10.2 Å². The molecule has 0 fully saturated rings. The first-order chi connectivity index (χ1) is 13.8. The number of aromatic nitrogens is 3. The monoisotopic (exact) mass is 362 g/mol. The average molecular weight is 362 g/mol. The number of aryl methyl sites for hydroxylation is 1. The maximum atomic E-state index is 4.62. The minimum absolute atomic E-state index is 0.760. The molecule has 134 valence electrons. The van der Waals surface area contributed by atoms with Crippen LogP contribution < -0.4 is 5.32 Å². The zero-order valence-corrected chi connectivity index (χ0v) is 15.4. The van der Waals surface area contributed by atoms with E-state index in [1.165, 1.54) is 5.56 Å². The molecule has 3 aromatic carbocycles. The third-order valence-electron chi connectivity index (χ3n) is 5.02. The lowest BCUT2D eigenvalue weighted by molar-refractivity contribution is 1.06. The molecule has 0 saturated heterocycles. The van der Waals surface area contributed by atoms with E-state index in [4.69, 9.17) is 0 Å². The Balaban J connectivity index is 1.71. The Labute approximate surface area is 162 Å². The highest BCUT2D eigenvalue weighted by Crippen LogP contribution is 2.34. The van der Waals surface area contributed by atoms with Crippen LogP contribution in [0, 0.1) is 6.92 Å². The molecule has 5 aromatic rings. The average Bonchev–Trinajstić information content (AvgIpc) is 2.75. The van der Waals surface area contributed by atoms with Crippen molar-refractivity contribution in [3.8, 4) is 11.3 Å². The number of rotatable bonds is 3. The molecule has 5 rings (SSSR count). The van der Waals surface area contributed by atoms with Crippen LogP contribution in [0.15, 0.2) is 85.2 Å². The van der Waals surface area contributed by atoms with Crippen LogP contribution in [0.3, 0.4) is 0 Å². The molecule has 0 spiro atoms. The molecule has 0 aliphatic rings. The second kappa shape index (κ2) is 6.74. The smallest absolute Gasteiger partial charge is 0.161 e. The number of benzene rings is 3. The molecule has 0 amide bonds. The zero-order chi connectivity index (χ0) is 18.9. The number of fused-ring (bicyclic) bond motifs is 2. The zero-order valence-electron chi connectivity index (χ0n) is 15.4. The molecule has 4 nitrogen and oxygen atoms in total. The quantitative estimate of drug-likeness (QED) is 0.434. The third kappa shape index (κ3) is 2.76. The van der Waals surface area contributed by atoms with Crippen LogP contribution in [0.5, 0.6) is 0 Å². The highest BCUT2D eigenvalue weighted by Gasteiger charge is 2.13. The SMILES string of the molecule is Cc1ccccc1Nc1nnc(-c2cccc3cnccc23)c2ccccc12. The summed E-state index contributed by atoms with van der Waals surface area (Å²) >= 11 is 0. The Morgan fingerprint density at radius 3 is 2.43 bits per heavy atom. The maximum Gasteiger partial charge on any atom is 0.161 e. The van der Waals surface area contributed by atoms with Crippen LogP contribution in [0.1, 0.15) is 5.56 Å². The van der Waals surface area contributed by atoms with E-state index in [2.05, 4.69) is 63.8 Å². The van der Waals surface area contributed by atoms with E-state index >= 15 is 0 Å². The predicted molar refractivity (Wildman–Crippen MR) is 115 cm³/mol. The van der Waals surface area contributed by atoms with E-state index in [-0.39, 0.29) is 0 Å². The lowest BCUT2D eigenvalue weighted by atomic mass is 9.99. The highest BCUT2D eigenvalue weighted by molar-refractivity contribution is 6.06. The van der Waals surface area contributed by atoms with Gasteiger partial charge in [0.05, 0.1) is 0 Å². The fourth-order valence-corrected chi connectivity index (χ4v) is 3.56. The van der Waals surface area contributed by atoms with Crippen LogP contribution in [0.4, 0.5) is 11.5 Å².